The first kappa shape index (κ1) is 12.3. The third-order valence-corrected chi connectivity index (χ3v) is 2.70. The van der Waals surface area contributed by atoms with Crippen molar-refractivity contribution < 1.29 is 24.8 Å². The Morgan fingerprint density at radius 2 is 2.00 bits per heavy atom. The topological polar surface area (TPSA) is 79.2 Å². The lowest BCUT2D eigenvalue weighted by molar-refractivity contribution is -0.242. The van der Waals surface area contributed by atoms with Crippen LogP contribution in [-0.2, 0) is 4.74 Å². The molecule has 5 heteroatoms. The number of benzene rings is 1. The molecule has 1 saturated heterocycles. The number of ether oxygens (including phenoxy) is 2. The van der Waals surface area contributed by atoms with Crippen LogP contribution in [0.25, 0.3) is 0 Å². The molecule has 1 fully saturated rings. The molecule has 1 aliphatic heterocycles. The predicted octanol–water partition coefficient (Wildman–Crippen LogP) is -0.187. The van der Waals surface area contributed by atoms with Gasteiger partial charge in [0.2, 0.25) is 6.29 Å². The third kappa shape index (κ3) is 2.76. The van der Waals surface area contributed by atoms with Gasteiger partial charge in [0, 0.05) is 0 Å². The van der Waals surface area contributed by atoms with Crippen molar-refractivity contribution in [3.8, 4) is 5.75 Å². The van der Waals surface area contributed by atoms with Crippen LogP contribution in [0.2, 0.25) is 0 Å². The van der Waals surface area contributed by atoms with Gasteiger partial charge in [0.25, 0.3) is 0 Å². The lowest BCUT2D eigenvalue weighted by Crippen LogP contribution is -2.54. The minimum atomic E-state index is -1.26. The number of aliphatic hydroxyl groups is 3. The zero-order valence-electron chi connectivity index (χ0n) is 9.48. The van der Waals surface area contributed by atoms with Crippen LogP contribution in [0.5, 0.6) is 5.75 Å². The monoisotopic (exact) mass is 240 g/mol. The molecule has 4 atom stereocenters. The van der Waals surface area contributed by atoms with Gasteiger partial charge in [0.05, 0.1) is 6.61 Å². The van der Waals surface area contributed by atoms with E-state index < -0.39 is 24.6 Å². The highest BCUT2D eigenvalue weighted by atomic mass is 16.7. The normalized spacial score (nSPS) is 33.4. The molecule has 0 bridgehead atoms. The summed E-state index contributed by atoms with van der Waals surface area (Å²) in [6.07, 6.45) is -4.56. The Kier molecular flexibility index (Phi) is 3.63. The van der Waals surface area contributed by atoms with E-state index in [9.17, 15) is 15.3 Å². The van der Waals surface area contributed by atoms with E-state index in [1.165, 1.54) is 0 Å². The molecule has 0 aromatic heterocycles. The minimum absolute atomic E-state index is 0.0608. The second-order valence-electron chi connectivity index (χ2n) is 4.18. The SMILES string of the molecule is Cc1cccc(O[C@H]2OC[C@@H](O)[C@H](O)[C@@H]2O)c1. The zero-order valence-corrected chi connectivity index (χ0v) is 9.48. The number of aliphatic hydroxyl groups excluding tert-OH is 3. The standard InChI is InChI=1S/C12H16O5/c1-7-3-2-4-8(5-7)17-12-11(15)10(14)9(13)6-16-12/h2-5,9-15H,6H2,1H3/t9-,10+,11+,12-/m1/s1. The second kappa shape index (κ2) is 5.01. The first-order valence-electron chi connectivity index (χ1n) is 5.47. The van der Waals surface area contributed by atoms with Crippen LogP contribution < -0.4 is 4.74 Å². The van der Waals surface area contributed by atoms with Crippen molar-refractivity contribution in [1.82, 2.24) is 0 Å². The zero-order chi connectivity index (χ0) is 12.4. The van der Waals surface area contributed by atoms with Gasteiger partial charge >= 0.3 is 0 Å². The lowest BCUT2D eigenvalue weighted by atomic mass is 10.1. The van der Waals surface area contributed by atoms with Crippen molar-refractivity contribution >= 4 is 0 Å². The number of rotatable bonds is 2. The maximum atomic E-state index is 9.68. The summed E-state index contributed by atoms with van der Waals surface area (Å²) >= 11 is 0. The fourth-order valence-corrected chi connectivity index (χ4v) is 1.71. The van der Waals surface area contributed by atoms with Crippen LogP contribution in [0, 0.1) is 6.92 Å². The Morgan fingerprint density at radius 1 is 1.24 bits per heavy atom. The summed E-state index contributed by atoms with van der Waals surface area (Å²) in [6.45, 7) is 1.86. The molecule has 94 valence electrons. The van der Waals surface area contributed by atoms with Gasteiger partial charge in [-0.15, -0.1) is 0 Å². The smallest absolute Gasteiger partial charge is 0.228 e. The Labute approximate surface area is 99.2 Å². The average Bonchev–Trinajstić information content (AvgIpc) is 2.30. The highest BCUT2D eigenvalue weighted by Crippen LogP contribution is 2.21. The van der Waals surface area contributed by atoms with E-state index in [0.717, 1.165) is 5.56 Å². The van der Waals surface area contributed by atoms with Crippen LogP contribution in [0.1, 0.15) is 5.56 Å². The first-order valence-corrected chi connectivity index (χ1v) is 5.47. The van der Waals surface area contributed by atoms with Gasteiger partial charge in [-0.2, -0.15) is 0 Å². The molecule has 0 aliphatic carbocycles. The summed E-state index contributed by atoms with van der Waals surface area (Å²) in [5, 5.41) is 28.5. The van der Waals surface area contributed by atoms with Gasteiger partial charge in [-0.25, -0.2) is 0 Å². The molecule has 1 aliphatic rings. The van der Waals surface area contributed by atoms with Gasteiger partial charge in [0.1, 0.15) is 24.1 Å². The molecule has 0 unspecified atom stereocenters. The Hall–Kier alpha value is -1.14. The van der Waals surface area contributed by atoms with Gasteiger partial charge in [-0.05, 0) is 24.6 Å². The summed E-state index contributed by atoms with van der Waals surface area (Å²) in [4.78, 5) is 0. The summed E-state index contributed by atoms with van der Waals surface area (Å²) in [5.74, 6) is 0.553. The van der Waals surface area contributed by atoms with E-state index >= 15 is 0 Å². The summed E-state index contributed by atoms with van der Waals surface area (Å²) in [5.41, 5.74) is 1.02. The number of hydrogen-bond donors (Lipinski definition) is 3. The van der Waals surface area contributed by atoms with Crippen molar-refractivity contribution in [3.63, 3.8) is 0 Å². The van der Waals surface area contributed by atoms with Gasteiger partial charge in [-0.1, -0.05) is 12.1 Å². The van der Waals surface area contributed by atoms with E-state index in [-0.39, 0.29) is 6.61 Å². The highest BCUT2D eigenvalue weighted by Gasteiger charge is 2.38. The average molecular weight is 240 g/mol. The molecule has 1 aromatic rings. The van der Waals surface area contributed by atoms with Crippen LogP contribution in [0.4, 0.5) is 0 Å². The Bertz CT molecular complexity index is 381. The fourth-order valence-electron chi connectivity index (χ4n) is 1.71. The van der Waals surface area contributed by atoms with Gasteiger partial charge in [0.15, 0.2) is 0 Å². The van der Waals surface area contributed by atoms with Gasteiger partial charge in [-0.3, -0.25) is 0 Å². The van der Waals surface area contributed by atoms with E-state index in [1.54, 1.807) is 12.1 Å². The van der Waals surface area contributed by atoms with E-state index in [4.69, 9.17) is 9.47 Å². The van der Waals surface area contributed by atoms with Crippen molar-refractivity contribution in [2.75, 3.05) is 6.61 Å². The molecule has 2 rings (SSSR count). The molecule has 1 aromatic carbocycles. The Balaban J connectivity index is 2.04. The summed E-state index contributed by atoms with van der Waals surface area (Å²) < 4.78 is 10.6. The van der Waals surface area contributed by atoms with Crippen LogP contribution in [0.15, 0.2) is 24.3 Å². The molecule has 17 heavy (non-hydrogen) atoms. The second-order valence-corrected chi connectivity index (χ2v) is 4.18. The molecule has 5 nitrogen and oxygen atoms in total. The van der Waals surface area contributed by atoms with Crippen LogP contribution in [0.3, 0.4) is 0 Å². The lowest BCUT2D eigenvalue weighted by Gasteiger charge is -2.34. The molecule has 0 amide bonds. The molecule has 3 N–H and O–H groups in total. The predicted molar refractivity (Wildman–Crippen MR) is 59.6 cm³/mol. The van der Waals surface area contributed by atoms with Crippen LogP contribution >= 0.6 is 0 Å². The van der Waals surface area contributed by atoms with Gasteiger partial charge < -0.3 is 24.8 Å². The van der Waals surface area contributed by atoms with E-state index in [1.807, 2.05) is 19.1 Å². The maximum Gasteiger partial charge on any atom is 0.228 e. The molecular formula is C12H16O5. The molecule has 0 saturated carbocycles. The van der Waals surface area contributed by atoms with Crippen molar-refractivity contribution in [3.05, 3.63) is 29.8 Å². The summed E-state index contributed by atoms with van der Waals surface area (Å²) in [7, 11) is 0. The third-order valence-electron chi connectivity index (χ3n) is 2.70. The number of hydrogen-bond acceptors (Lipinski definition) is 5. The largest absolute Gasteiger partial charge is 0.462 e. The highest BCUT2D eigenvalue weighted by molar-refractivity contribution is 5.27. The molecule has 1 heterocycles. The minimum Gasteiger partial charge on any atom is -0.462 e. The fraction of sp³-hybridized carbons (Fsp3) is 0.500. The van der Waals surface area contributed by atoms with Crippen molar-refractivity contribution in [1.29, 1.82) is 0 Å². The van der Waals surface area contributed by atoms with Crippen molar-refractivity contribution in [2.24, 2.45) is 0 Å². The molecule has 0 radical (unpaired) electrons. The molecule has 0 spiro atoms. The number of aryl methyl sites for hydroxylation is 1. The quantitative estimate of drug-likeness (QED) is 0.668. The maximum absolute atomic E-state index is 9.68. The summed E-state index contributed by atoms with van der Waals surface area (Å²) in [6, 6.07) is 7.28. The van der Waals surface area contributed by atoms with Crippen LogP contribution in [-0.4, -0.2) is 46.5 Å². The first-order chi connectivity index (χ1) is 8.08. The van der Waals surface area contributed by atoms with E-state index in [2.05, 4.69) is 0 Å². The van der Waals surface area contributed by atoms with Crippen molar-refractivity contribution in [2.45, 2.75) is 31.5 Å². The molecular weight excluding hydrogens is 224 g/mol. The van der Waals surface area contributed by atoms with E-state index in [0.29, 0.717) is 5.75 Å². The Morgan fingerprint density at radius 3 is 2.71 bits per heavy atom.